The molecule has 0 bridgehead atoms. The number of fused-ring (bicyclic) bond motifs is 1. The van der Waals surface area contributed by atoms with Gasteiger partial charge in [0.15, 0.2) is 0 Å². The van der Waals surface area contributed by atoms with Crippen molar-refractivity contribution in [2.24, 2.45) is 5.92 Å². The second kappa shape index (κ2) is 9.42. The summed E-state index contributed by atoms with van der Waals surface area (Å²) in [5.41, 5.74) is 1.68. The number of ether oxygens (including phenoxy) is 1. The van der Waals surface area contributed by atoms with E-state index in [4.69, 9.17) is 4.74 Å². The van der Waals surface area contributed by atoms with E-state index in [9.17, 15) is 9.59 Å². The monoisotopic (exact) mass is 395 g/mol. The number of halogens is 1. The maximum absolute atomic E-state index is 13.0. The number of benzene rings is 1. The summed E-state index contributed by atoms with van der Waals surface area (Å²) in [6, 6.07) is 5.86. The SMILES string of the molecule is CNCCN1C(=O)CC[C@H]2CN(C(=O)c3ccc(OC)cc3C)CC[C@H]21.Cl. The molecule has 3 rings (SSSR count). The standard InChI is InChI=1S/C20H29N3O3.ClH/c1-14-12-16(26-3)5-6-17(14)20(25)22-10-8-18-15(13-22)4-7-19(24)23(18)11-9-21-2;/h5-6,12,15,18,21H,4,7-11,13H2,1-3H3;1H/t15-,18+;/m0./s1. The zero-order valence-corrected chi connectivity index (χ0v) is 17.2. The number of piperidine rings is 2. The van der Waals surface area contributed by atoms with Crippen LogP contribution in [0.1, 0.15) is 35.2 Å². The molecular weight excluding hydrogens is 366 g/mol. The predicted octanol–water partition coefficient (Wildman–Crippen LogP) is 2.10. The number of likely N-dealkylation sites (N-methyl/N-ethyl adjacent to an activating group) is 1. The van der Waals surface area contributed by atoms with E-state index in [2.05, 4.69) is 5.32 Å². The van der Waals surface area contributed by atoms with Gasteiger partial charge < -0.3 is 19.9 Å². The molecule has 27 heavy (non-hydrogen) atoms. The minimum Gasteiger partial charge on any atom is -0.497 e. The first-order chi connectivity index (χ1) is 12.5. The van der Waals surface area contributed by atoms with Gasteiger partial charge in [0.2, 0.25) is 5.91 Å². The number of carbonyl (C=O) groups excluding carboxylic acids is 2. The molecule has 0 aromatic heterocycles. The highest BCUT2D eigenvalue weighted by atomic mass is 35.5. The van der Waals surface area contributed by atoms with Gasteiger partial charge in [-0.1, -0.05) is 0 Å². The van der Waals surface area contributed by atoms with E-state index in [1.54, 1.807) is 7.11 Å². The molecule has 2 aliphatic rings. The van der Waals surface area contributed by atoms with E-state index in [1.807, 2.05) is 42.0 Å². The fourth-order valence-electron chi connectivity index (χ4n) is 4.23. The lowest BCUT2D eigenvalue weighted by Gasteiger charge is -2.47. The minimum atomic E-state index is 0. The Morgan fingerprint density at radius 2 is 2.11 bits per heavy atom. The van der Waals surface area contributed by atoms with Crippen LogP contribution in [0.5, 0.6) is 5.75 Å². The fraction of sp³-hybridized carbons (Fsp3) is 0.600. The van der Waals surface area contributed by atoms with Crippen LogP contribution in [-0.2, 0) is 4.79 Å². The first-order valence-corrected chi connectivity index (χ1v) is 9.43. The lowest BCUT2D eigenvalue weighted by atomic mass is 9.83. The van der Waals surface area contributed by atoms with Gasteiger partial charge in [0.1, 0.15) is 5.75 Å². The summed E-state index contributed by atoms with van der Waals surface area (Å²) in [4.78, 5) is 29.3. The van der Waals surface area contributed by atoms with Gasteiger partial charge in [0, 0.05) is 44.2 Å². The highest BCUT2D eigenvalue weighted by Crippen LogP contribution is 2.32. The maximum Gasteiger partial charge on any atom is 0.254 e. The van der Waals surface area contributed by atoms with Crippen molar-refractivity contribution in [1.29, 1.82) is 0 Å². The summed E-state index contributed by atoms with van der Waals surface area (Å²) in [6.07, 6.45) is 2.33. The average molecular weight is 396 g/mol. The molecule has 2 fully saturated rings. The Morgan fingerprint density at radius 1 is 1.33 bits per heavy atom. The number of hydrogen-bond donors (Lipinski definition) is 1. The van der Waals surface area contributed by atoms with Crippen LogP contribution in [0.3, 0.4) is 0 Å². The van der Waals surface area contributed by atoms with Crippen molar-refractivity contribution in [2.45, 2.75) is 32.2 Å². The van der Waals surface area contributed by atoms with Gasteiger partial charge in [0.25, 0.3) is 5.91 Å². The zero-order chi connectivity index (χ0) is 18.7. The van der Waals surface area contributed by atoms with Crippen LogP contribution in [0.4, 0.5) is 0 Å². The molecule has 0 unspecified atom stereocenters. The van der Waals surface area contributed by atoms with Crippen LogP contribution >= 0.6 is 12.4 Å². The van der Waals surface area contributed by atoms with Crippen LogP contribution in [-0.4, -0.2) is 68.0 Å². The summed E-state index contributed by atoms with van der Waals surface area (Å²) >= 11 is 0. The first kappa shape index (κ1) is 21.5. The second-order valence-electron chi connectivity index (χ2n) is 7.28. The van der Waals surface area contributed by atoms with Crippen molar-refractivity contribution in [3.05, 3.63) is 29.3 Å². The number of amides is 2. The van der Waals surface area contributed by atoms with Crippen LogP contribution in [0.15, 0.2) is 18.2 Å². The third-order valence-electron chi connectivity index (χ3n) is 5.70. The number of aryl methyl sites for hydroxylation is 1. The quantitative estimate of drug-likeness (QED) is 0.829. The van der Waals surface area contributed by atoms with Crippen molar-refractivity contribution >= 4 is 24.2 Å². The van der Waals surface area contributed by atoms with Gasteiger partial charge >= 0.3 is 0 Å². The summed E-state index contributed by atoms with van der Waals surface area (Å²) in [5.74, 6) is 1.49. The number of nitrogens with zero attached hydrogens (tertiary/aromatic N) is 2. The molecule has 2 heterocycles. The topological polar surface area (TPSA) is 61.9 Å². The summed E-state index contributed by atoms with van der Waals surface area (Å²) < 4.78 is 5.23. The number of methoxy groups -OCH3 is 1. The highest BCUT2D eigenvalue weighted by molar-refractivity contribution is 5.96. The molecule has 150 valence electrons. The van der Waals surface area contributed by atoms with Gasteiger partial charge in [-0.3, -0.25) is 9.59 Å². The van der Waals surface area contributed by atoms with Gasteiger partial charge in [-0.2, -0.15) is 0 Å². The molecule has 0 aliphatic carbocycles. The van der Waals surface area contributed by atoms with Gasteiger partial charge in [-0.25, -0.2) is 0 Å². The lowest BCUT2D eigenvalue weighted by Crippen LogP contribution is -2.57. The highest BCUT2D eigenvalue weighted by Gasteiger charge is 2.40. The number of nitrogens with one attached hydrogen (secondary N) is 1. The number of hydrogen-bond acceptors (Lipinski definition) is 4. The zero-order valence-electron chi connectivity index (χ0n) is 16.4. The molecule has 0 radical (unpaired) electrons. The van der Waals surface area contributed by atoms with E-state index in [-0.39, 0.29) is 30.3 Å². The Kier molecular flexibility index (Phi) is 7.50. The molecule has 2 atom stereocenters. The normalized spacial score (nSPS) is 22.1. The largest absolute Gasteiger partial charge is 0.497 e. The van der Waals surface area contributed by atoms with Gasteiger partial charge in [-0.05, 0) is 56.5 Å². The van der Waals surface area contributed by atoms with Crippen molar-refractivity contribution in [3.8, 4) is 5.75 Å². The van der Waals surface area contributed by atoms with E-state index in [0.29, 0.717) is 18.9 Å². The molecule has 1 aromatic rings. The molecule has 1 N–H and O–H groups in total. The molecule has 0 spiro atoms. The molecule has 2 saturated heterocycles. The van der Waals surface area contributed by atoms with E-state index in [0.717, 1.165) is 49.4 Å². The molecule has 2 amide bonds. The third kappa shape index (κ3) is 4.55. The number of rotatable bonds is 5. The average Bonchev–Trinajstić information content (AvgIpc) is 2.66. The Hall–Kier alpha value is -1.79. The Balaban J connectivity index is 0.00000261. The van der Waals surface area contributed by atoms with E-state index < -0.39 is 0 Å². The Morgan fingerprint density at radius 3 is 2.78 bits per heavy atom. The lowest BCUT2D eigenvalue weighted by molar-refractivity contribution is -0.140. The fourth-order valence-corrected chi connectivity index (χ4v) is 4.23. The first-order valence-electron chi connectivity index (χ1n) is 9.43. The molecule has 0 saturated carbocycles. The van der Waals surface area contributed by atoms with Crippen molar-refractivity contribution < 1.29 is 14.3 Å². The maximum atomic E-state index is 13.0. The third-order valence-corrected chi connectivity index (χ3v) is 5.70. The Labute approximate surface area is 167 Å². The predicted molar refractivity (Wildman–Crippen MR) is 108 cm³/mol. The van der Waals surface area contributed by atoms with Crippen LogP contribution < -0.4 is 10.1 Å². The van der Waals surface area contributed by atoms with Crippen molar-refractivity contribution in [1.82, 2.24) is 15.1 Å². The second-order valence-corrected chi connectivity index (χ2v) is 7.28. The van der Waals surface area contributed by atoms with E-state index in [1.165, 1.54) is 0 Å². The number of likely N-dealkylation sites (tertiary alicyclic amines) is 2. The summed E-state index contributed by atoms with van der Waals surface area (Å²) in [7, 11) is 3.54. The van der Waals surface area contributed by atoms with Gasteiger partial charge in [0.05, 0.1) is 7.11 Å². The molecule has 6 nitrogen and oxygen atoms in total. The smallest absolute Gasteiger partial charge is 0.254 e. The van der Waals surface area contributed by atoms with Gasteiger partial charge in [-0.15, -0.1) is 12.4 Å². The molecule has 7 heteroatoms. The summed E-state index contributed by atoms with van der Waals surface area (Å²) in [5, 5.41) is 3.13. The Bertz CT molecular complexity index is 682. The van der Waals surface area contributed by atoms with Crippen LogP contribution in [0, 0.1) is 12.8 Å². The van der Waals surface area contributed by atoms with Crippen molar-refractivity contribution in [3.63, 3.8) is 0 Å². The minimum absolute atomic E-state index is 0. The molecular formula is C20H30ClN3O3. The van der Waals surface area contributed by atoms with Crippen LogP contribution in [0.2, 0.25) is 0 Å². The van der Waals surface area contributed by atoms with Crippen LogP contribution in [0.25, 0.3) is 0 Å². The molecule has 2 aliphatic heterocycles. The number of carbonyl (C=O) groups is 2. The molecule has 1 aromatic carbocycles. The summed E-state index contributed by atoms with van der Waals surface area (Å²) in [6.45, 7) is 4.94. The van der Waals surface area contributed by atoms with E-state index >= 15 is 0 Å². The van der Waals surface area contributed by atoms with Crippen molar-refractivity contribution in [2.75, 3.05) is 40.3 Å².